The van der Waals surface area contributed by atoms with Crippen molar-refractivity contribution in [3.8, 4) is 5.75 Å². The number of carbonyl (C=O) groups excluding carboxylic acids is 2. The molecule has 0 spiro atoms. The maximum atomic E-state index is 12.8. The number of nitrogens with zero attached hydrogens (tertiary/aromatic N) is 2. The Labute approximate surface area is 215 Å². The van der Waals surface area contributed by atoms with Gasteiger partial charge < -0.3 is 10.1 Å². The van der Waals surface area contributed by atoms with Gasteiger partial charge in [0.1, 0.15) is 16.6 Å². The average Bonchev–Trinajstić information content (AvgIpc) is 3.43. The fraction of sp³-hybridized carbons (Fsp3) is 0.0909. The van der Waals surface area contributed by atoms with Gasteiger partial charge in [0.05, 0.1) is 16.9 Å². The number of ether oxygens (including phenoxy) is 1. The zero-order valence-electron chi connectivity index (χ0n) is 18.1. The molecule has 0 saturated carbocycles. The van der Waals surface area contributed by atoms with Gasteiger partial charge in [-0.1, -0.05) is 36.1 Å². The van der Waals surface area contributed by atoms with E-state index in [-0.39, 0.29) is 26.8 Å². The number of carbonyl (C=O) groups is 2. The molecule has 2 heterocycles. The van der Waals surface area contributed by atoms with Gasteiger partial charge in [-0.25, -0.2) is 13.4 Å². The molecule has 1 aliphatic heterocycles. The molecule has 1 saturated heterocycles. The van der Waals surface area contributed by atoms with E-state index in [2.05, 4.69) is 15.0 Å². The summed E-state index contributed by atoms with van der Waals surface area (Å²) in [6, 6.07) is 12.8. The van der Waals surface area contributed by atoms with Crippen molar-refractivity contribution in [2.24, 2.45) is 0 Å². The monoisotopic (exact) mass is 546 g/mol. The molecule has 13 heteroatoms. The zero-order valence-corrected chi connectivity index (χ0v) is 21.4. The Morgan fingerprint density at radius 3 is 2.51 bits per heavy atom. The number of sulfonamides is 1. The number of anilines is 2. The minimum absolute atomic E-state index is 0.0197. The van der Waals surface area contributed by atoms with Gasteiger partial charge in [0.25, 0.3) is 15.9 Å². The number of rotatable bonds is 8. The van der Waals surface area contributed by atoms with E-state index in [0.29, 0.717) is 16.3 Å². The van der Waals surface area contributed by atoms with Gasteiger partial charge in [-0.2, -0.15) is 0 Å². The summed E-state index contributed by atoms with van der Waals surface area (Å²) >= 11 is 7.57. The summed E-state index contributed by atoms with van der Waals surface area (Å²) in [5.41, 5.74) is 1.18. The Kier molecular flexibility index (Phi) is 7.50. The van der Waals surface area contributed by atoms with Crippen molar-refractivity contribution in [3.63, 3.8) is 0 Å². The number of benzene rings is 2. The van der Waals surface area contributed by atoms with E-state index in [9.17, 15) is 18.0 Å². The van der Waals surface area contributed by atoms with E-state index in [1.54, 1.807) is 30.7 Å². The molecule has 35 heavy (non-hydrogen) atoms. The van der Waals surface area contributed by atoms with Crippen LogP contribution in [0.4, 0.5) is 10.8 Å². The largest absolute Gasteiger partial charge is 0.497 e. The molecular weight excluding hydrogens is 529 g/mol. The Bertz CT molecular complexity index is 1390. The number of nitrogens with one attached hydrogen (secondary N) is 2. The summed E-state index contributed by atoms with van der Waals surface area (Å²) in [7, 11) is -2.23. The maximum absolute atomic E-state index is 12.8. The lowest BCUT2D eigenvalue weighted by Crippen LogP contribution is -2.36. The predicted octanol–water partition coefficient (Wildman–Crippen LogP) is 3.79. The van der Waals surface area contributed by atoms with Crippen LogP contribution in [0.3, 0.4) is 0 Å². The van der Waals surface area contributed by atoms with Crippen molar-refractivity contribution in [1.29, 1.82) is 0 Å². The fourth-order valence-corrected chi connectivity index (χ4v) is 6.04. The van der Waals surface area contributed by atoms with Crippen molar-refractivity contribution < 1.29 is 22.7 Å². The Balaban J connectivity index is 1.37. The number of methoxy groups -OCH3 is 1. The van der Waals surface area contributed by atoms with Crippen LogP contribution in [0, 0.1) is 0 Å². The summed E-state index contributed by atoms with van der Waals surface area (Å²) in [6.45, 7) is -0.268. The molecule has 0 atom stereocenters. The molecule has 0 bridgehead atoms. The quantitative estimate of drug-likeness (QED) is 0.324. The van der Waals surface area contributed by atoms with E-state index in [0.717, 1.165) is 28.7 Å². The second kappa shape index (κ2) is 10.6. The molecule has 1 aromatic heterocycles. The lowest BCUT2D eigenvalue weighted by Gasteiger charge is -2.14. The van der Waals surface area contributed by atoms with Crippen molar-refractivity contribution in [2.45, 2.75) is 4.90 Å². The van der Waals surface area contributed by atoms with Gasteiger partial charge in [-0.05, 0) is 48.0 Å². The second-order valence-corrected chi connectivity index (χ2v) is 11.3. The van der Waals surface area contributed by atoms with Crippen LogP contribution in [0.5, 0.6) is 5.75 Å². The lowest BCUT2D eigenvalue weighted by atomic mass is 10.2. The Morgan fingerprint density at radius 1 is 1.17 bits per heavy atom. The number of hydrogen-bond donors (Lipinski definition) is 2. The smallest absolute Gasteiger partial charge is 0.266 e. The normalized spacial score (nSPS) is 14.9. The van der Waals surface area contributed by atoms with Gasteiger partial charge in [-0.15, -0.1) is 11.3 Å². The molecule has 3 aromatic rings. The molecule has 2 N–H and O–H groups in total. The molecular formula is C22H18N4O5S4. The van der Waals surface area contributed by atoms with Crippen molar-refractivity contribution in [2.75, 3.05) is 23.7 Å². The maximum Gasteiger partial charge on any atom is 0.266 e. The highest BCUT2D eigenvalue weighted by atomic mass is 32.2. The van der Waals surface area contributed by atoms with Crippen LogP contribution in [-0.4, -0.2) is 48.1 Å². The SMILES string of the molecule is COc1ccc(C=C2SC(=S)N(CC(=O)Nc3ccc(S(=O)(=O)Nc4nccs4)cc3)C2=O)cc1. The highest BCUT2D eigenvalue weighted by Gasteiger charge is 2.33. The number of amides is 2. The van der Waals surface area contributed by atoms with Gasteiger partial charge >= 0.3 is 0 Å². The Hall–Kier alpha value is -3.26. The summed E-state index contributed by atoms with van der Waals surface area (Å²) in [6.07, 6.45) is 3.20. The molecule has 9 nitrogen and oxygen atoms in total. The van der Waals surface area contributed by atoms with Crippen LogP contribution in [0.2, 0.25) is 0 Å². The average molecular weight is 547 g/mol. The topological polar surface area (TPSA) is 118 Å². The molecule has 2 aromatic carbocycles. The molecule has 0 radical (unpaired) electrons. The van der Waals surface area contributed by atoms with Crippen LogP contribution >= 0.6 is 35.3 Å². The standard InChI is InChI=1S/C22H18N4O5S4/c1-31-16-6-2-14(3-7-16)12-18-20(28)26(22(32)34-18)13-19(27)24-15-4-8-17(9-5-15)35(29,30)25-21-23-10-11-33-21/h2-12H,13H2,1H3,(H,23,25)(H,24,27). The first-order valence-corrected chi connectivity index (χ1v) is 13.6. The van der Waals surface area contributed by atoms with E-state index >= 15 is 0 Å². The molecule has 180 valence electrons. The van der Waals surface area contributed by atoms with E-state index < -0.39 is 15.9 Å². The lowest BCUT2D eigenvalue weighted by molar-refractivity contribution is -0.126. The van der Waals surface area contributed by atoms with Gasteiger partial charge in [0.15, 0.2) is 5.13 Å². The van der Waals surface area contributed by atoms with Gasteiger partial charge in [-0.3, -0.25) is 19.2 Å². The third kappa shape index (κ3) is 6.06. The fourth-order valence-electron chi connectivity index (χ4n) is 3.00. The van der Waals surface area contributed by atoms with Crippen molar-refractivity contribution >= 4 is 78.4 Å². The molecule has 0 aliphatic carbocycles. The summed E-state index contributed by atoms with van der Waals surface area (Å²) in [4.78, 5) is 30.9. The van der Waals surface area contributed by atoms with Gasteiger partial charge in [0.2, 0.25) is 5.91 Å². The van der Waals surface area contributed by atoms with Crippen LogP contribution < -0.4 is 14.8 Å². The number of thiocarbonyl (C=S) groups is 1. The summed E-state index contributed by atoms with van der Waals surface area (Å²) < 4.78 is 32.6. The number of hydrogen-bond acceptors (Lipinski definition) is 9. The zero-order chi connectivity index (χ0) is 25.0. The molecule has 2 amide bonds. The van der Waals surface area contributed by atoms with Gasteiger partial charge in [0, 0.05) is 17.3 Å². The molecule has 4 rings (SSSR count). The highest BCUT2D eigenvalue weighted by Crippen LogP contribution is 2.32. The van der Waals surface area contributed by atoms with E-state index in [1.165, 1.54) is 35.4 Å². The van der Waals surface area contributed by atoms with Crippen LogP contribution in [0.25, 0.3) is 6.08 Å². The second-order valence-electron chi connectivity index (χ2n) is 7.06. The molecule has 0 unspecified atom stereocenters. The first-order chi connectivity index (χ1) is 16.7. The number of thioether (sulfide) groups is 1. The van der Waals surface area contributed by atoms with Crippen molar-refractivity contribution in [1.82, 2.24) is 9.88 Å². The molecule has 1 aliphatic rings. The van der Waals surface area contributed by atoms with E-state index in [4.69, 9.17) is 17.0 Å². The summed E-state index contributed by atoms with van der Waals surface area (Å²) in [5.74, 6) is -0.128. The first-order valence-electron chi connectivity index (χ1n) is 9.97. The van der Waals surface area contributed by atoms with E-state index in [1.807, 2.05) is 12.1 Å². The highest BCUT2D eigenvalue weighted by molar-refractivity contribution is 8.26. The number of aromatic nitrogens is 1. The first kappa shape index (κ1) is 24.9. The van der Waals surface area contributed by atoms with Crippen LogP contribution in [0.1, 0.15) is 5.56 Å². The van der Waals surface area contributed by atoms with Crippen molar-refractivity contribution in [3.05, 3.63) is 70.6 Å². The Morgan fingerprint density at radius 2 is 1.89 bits per heavy atom. The number of thiazole rings is 1. The molecule has 1 fully saturated rings. The predicted molar refractivity (Wildman–Crippen MR) is 141 cm³/mol. The van der Waals surface area contributed by atoms with Crippen LogP contribution in [0.15, 0.2) is 69.9 Å². The summed E-state index contributed by atoms with van der Waals surface area (Å²) in [5, 5.41) is 4.56. The third-order valence-corrected chi connectivity index (χ3v) is 8.24. The van der Waals surface area contributed by atoms with Crippen LogP contribution in [-0.2, 0) is 19.6 Å². The third-order valence-electron chi connectivity index (χ3n) is 4.69. The minimum Gasteiger partial charge on any atom is -0.497 e. The minimum atomic E-state index is -3.80.